The number of amides is 1. The predicted octanol–water partition coefficient (Wildman–Crippen LogP) is 2.53. The van der Waals surface area contributed by atoms with Crippen LogP contribution in [-0.2, 0) is 4.74 Å². The molecule has 0 spiro atoms. The average Bonchev–Trinajstić information content (AvgIpc) is 3.34. The quantitative estimate of drug-likeness (QED) is 0.857. The number of rotatable bonds is 4. The lowest BCUT2D eigenvalue weighted by Gasteiger charge is -2.23. The van der Waals surface area contributed by atoms with Gasteiger partial charge in [-0.05, 0) is 36.8 Å². The first-order chi connectivity index (χ1) is 12.3. The zero-order valence-corrected chi connectivity index (χ0v) is 14.2. The lowest BCUT2D eigenvalue weighted by atomic mass is 10.1. The van der Waals surface area contributed by atoms with Crippen molar-refractivity contribution in [3.63, 3.8) is 0 Å². The molecule has 6 nitrogen and oxygen atoms in total. The van der Waals surface area contributed by atoms with Crippen LogP contribution in [0.25, 0.3) is 0 Å². The van der Waals surface area contributed by atoms with Crippen molar-refractivity contribution >= 4 is 5.91 Å². The summed E-state index contributed by atoms with van der Waals surface area (Å²) in [5.41, 5.74) is 0.709. The first-order valence-electron chi connectivity index (χ1n) is 8.92. The molecule has 1 aromatic heterocycles. The van der Waals surface area contributed by atoms with E-state index >= 15 is 0 Å². The number of hydrogen-bond acceptors (Lipinski definition) is 4. The fourth-order valence-corrected chi connectivity index (χ4v) is 3.48. The van der Waals surface area contributed by atoms with Gasteiger partial charge in [0.15, 0.2) is 0 Å². The van der Waals surface area contributed by atoms with Crippen LogP contribution in [0.1, 0.15) is 35.7 Å². The third kappa shape index (κ3) is 3.69. The maximum atomic E-state index is 12.7. The van der Waals surface area contributed by atoms with Gasteiger partial charge in [-0.3, -0.25) is 9.48 Å². The minimum atomic E-state index is 0.0762. The highest BCUT2D eigenvalue weighted by Crippen LogP contribution is 2.24. The first-order valence-corrected chi connectivity index (χ1v) is 8.92. The highest BCUT2D eigenvalue weighted by Gasteiger charge is 2.28. The van der Waals surface area contributed by atoms with Crippen LogP contribution in [0.2, 0.25) is 0 Å². The second-order valence-corrected chi connectivity index (χ2v) is 6.63. The molecule has 132 valence electrons. The second kappa shape index (κ2) is 7.27. The van der Waals surface area contributed by atoms with Gasteiger partial charge in [0.2, 0.25) is 0 Å². The molecule has 1 amide bonds. The third-order valence-corrected chi connectivity index (χ3v) is 4.92. The van der Waals surface area contributed by atoms with Gasteiger partial charge in [0, 0.05) is 43.9 Å². The monoisotopic (exact) mass is 341 g/mol. The Morgan fingerprint density at radius 1 is 1.16 bits per heavy atom. The van der Waals surface area contributed by atoms with Crippen LogP contribution in [0.3, 0.4) is 0 Å². The van der Waals surface area contributed by atoms with Gasteiger partial charge in [-0.1, -0.05) is 0 Å². The normalized spacial score (nSPS) is 21.4. The summed E-state index contributed by atoms with van der Waals surface area (Å²) < 4.78 is 13.3. The van der Waals surface area contributed by atoms with E-state index in [1.165, 1.54) is 0 Å². The fraction of sp³-hybridized carbons (Fsp3) is 0.474. The Morgan fingerprint density at radius 2 is 1.96 bits per heavy atom. The van der Waals surface area contributed by atoms with E-state index in [1.807, 2.05) is 46.1 Å². The van der Waals surface area contributed by atoms with E-state index in [0.29, 0.717) is 12.1 Å². The van der Waals surface area contributed by atoms with E-state index in [1.54, 1.807) is 6.20 Å². The summed E-state index contributed by atoms with van der Waals surface area (Å²) in [5.74, 6) is 0.895. The molecule has 1 unspecified atom stereocenters. The van der Waals surface area contributed by atoms with Crippen molar-refractivity contribution in [1.82, 2.24) is 14.7 Å². The number of nitrogens with zero attached hydrogens (tertiary/aromatic N) is 3. The van der Waals surface area contributed by atoms with Crippen LogP contribution in [0, 0.1) is 0 Å². The Hall–Kier alpha value is -2.34. The number of ether oxygens (including phenoxy) is 2. The van der Waals surface area contributed by atoms with E-state index in [0.717, 1.165) is 44.8 Å². The highest BCUT2D eigenvalue weighted by atomic mass is 16.5. The Labute approximate surface area is 147 Å². The van der Waals surface area contributed by atoms with Crippen molar-refractivity contribution in [2.45, 2.75) is 31.4 Å². The lowest BCUT2D eigenvalue weighted by Crippen LogP contribution is -2.29. The van der Waals surface area contributed by atoms with Crippen LogP contribution < -0.4 is 4.74 Å². The minimum Gasteiger partial charge on any atom is -0.490 e. The fourth-order valence-electron chi connectivity index (χ4n) is 3.48. The maximum absolute atomic E-state index is 12.7. The van der Waals surface area contributed by atoms with Crippen molar-refractivity contribution in [3.05, 3.63) is 48.3 Å². The molecule has 2 saturated heterocycles. The standard InChI is InChI=1S/C19H23N3O3/c23-19(21-11-6-16(14-21)22-10-1-9-20-22)15-2-4-17(5-3-15)25-18-7-12-24-13-8-18/h1-5,9-10,16,18H,6-8,11-14H2. The lowest BCUT2D eigenvalue weighted by molar-refractivity contribution is 0.0256. The molecule has 0 aliphatic carbocycles. The van der Waals surface area contributed by atoms with Gasteiger partial charge in [0.25, 0.3) is 5.91 Å². The molecule has 2 aromatic rings. The molecule has 3 heterocycles. The summed E-state index contributed by atoms with van der Waals surface area (Å²) in [7, 11) is 0. The summed E-state index contributed by atoms with van der Waals surface area (Å²) in [5, 5.41) is 4.29. The van der Waals surface area contributed by atoms with E-state index in [9.17, 15) is 4.79 Å². The van der Waals surface area contributed by atoms with E-state index in [2.05, 4.69) is 5.10 Å². The summed E-state index contributed by atoms with van der Waals surface area (Å²) in [6.07, 6.45) is 6.73. The number of carbonyl (C=O) groups is 1. The van der Waals surface area contributed by atoms with Gasteiger partial charge in [-0.15, -0.1) is 0 Å². The molecule has 1 aromatic carbocycles. The van der Waals surface area contributed by atoms with Crippen LogP contribution >= 0.6 is 0 Å². The second-order valence-electron chi connectivity index (χ2n) is 6.63. The summed E-state index contributed by atoms with van der Waals surface area (Å²) in [4.78, 5) is 14.6. The molecule has 1 atom stereocenters. The van der Waals surface area contributed by atoms with Crippen LogP contribution in [0.5, 0.6) is 5.75 Å². The molecule has 25 heavy (non-hydrogen) atoms. The van der Waals surface area contributed by atoms with Crippen LogP contribution in [-0.4, -0.2) is 53.0 Å². The van der Waals surface area contributed by atoms with Gasteiger partial charge in [-0.25, -0.2) is 0 Å². The molecular formula is C19H23N3O3. The Morgan fingerprint density at radius 3 is 2.68 bits per heavy atom. The number of likely N-dealkylation sites (tertiary alicyclic amines) is 1. The molecule has 2 aliphatic rings. The van der Waals surface area contributed by atoms with Gasteiger partial charge in [-0.2, -0.15) is 5.10 Å². The van der Waals surface area contributed by atoms with Crippen LogP contribution in [0.4, 0.5) is 0 Å². The SMILES string of the molecule is O=C(c1ccc(OC2CCOCC2)cc1)N1CCC(n2cccn2)C1. The molecule has 0 radical (unpaired) electrons. The maximum Gasteiger partial charge on any atom is 0.253 e. The van der Waals surface area contributed by atoms with Crippen molar-refractivity contribution in [1.29, 1.82) is 0 Å². The zero-order valence-electron chi connectivity index (χ0n) is 14.2. The molecule has 0 bridgehead atoms. The third-order valence-electron chi connectivity index (χ3n) is 4.92. The molecule has 2 fully saturated rings. The topological polar surface area (TPSA) is 56.6 Å². The van der Waals surface area contributed by atoms with Crippen molar-refractivity contribution < 1.29 is 14.3 Å². The Balaban J connectivity index is 1.36. The van der Waals surface area contributed by atoms with E-state index < -0.39 is 0 Å². The van der Waals surface area contributed by atoms with Crippen LogP contribution in [0.15, 0.2) is 42.7 Å². The Kier molecular flexibility index (Phi) is 4.70. The average molecular weight is 341 g/mol. The van der Waals surface area contributed by atoms with Crippen molar-refractivity contribution in [2.75, 3.05) is 26.3 Å². The Bertz CT molecular complexity index is 693. The summed E-state index contributed by atoms with van der Waals surface area (Å²) in [6, 6.07) is 9.70. The molecule has 2 aliphatic heterocycles. The molecule has 6 heteroatoms. The molecule has 0 saturated carbocycles. The van der Waals surface area contributed by atoms with Crippen molar-refractivity contribution in [3.8, 4) is 5.75 Å². The number of aromatic nitrogens is 2. The molecular weight excluding hydrogens is 318 g/mol. The number of carbonyl (C=O) groups excluding carboxylic acids is 1. The predicted molar refractivity (Wildman–Crippen MR) is 92.7 cm³/mol. The van der Waals surface area contributed by atoms with E-state index in [4.69, 9.17) is 9.47 Å². The van der Waals surface area contributed by atoms with E-state index in [-0.39, 0.29) is 18.1 Å². The number of hydrogen-bond donors (Lipinski definition) is 0. The summed E-state index contributed by atoms with van der Waals surface area (Å²) in [6.45, 7) is 2.99. The number of benzene rings is 1. The van der Waals surface area contributed by atoms with Gasteiger partial charge in [0.05, 0.1) is 19.3 Å². The highest BCUT2D eigenvalue weighted by molar-refractivity contribution is 5.94. The summed E-state index contributed by atoms with van der Waals surface area (Å²) >= 11 is 0. The molecule has 4 rings (SSSR count). The van der Waals surface area contributed by atoms with Gasteiger partial charge >= 0.3 is 0 Å². The largest absolute Gasteiger partial charge is 0.490 e. The minimum absolute atomic E-state index is 0.0762. The smallest absolute Gasteiger partial charge is 0.253 e. The van der Waals surface area contributed by atoms with Gasteiger partial charge in [0.1, 0.15) is 11.9 Å². The zero-order chi connectivity index (χ0) is 17.1. The molecule has 0 N–H and O–H groups in total. The van der Waals surface area contributed by atoms with Gasteiger partial charge < -0.3 is 14.4 Å². The van der Waals surface area contributed by atoms with Crippen molar-refractivity contribution in [2.24, 2.45) is 0 Å². The first kappa shape index (κ1) is 16.1.